The van der Waals surface area contributed by atoms with E-state index in [0.29, 0.717) is 16.0 Å². The second kappa shape index (κ2) is 9.51. The number of carbonyl (C=O) groups is 1. The molecule has 3 aromatic rings. The average Bonchev–Trinajstić information content (AvgIpc) is 3.14. The predicted octanol–water partition coefficient (Wildman–Crippen LogP) is 3.70. The van der Waals surface area contributed by atoms with E-state index < -0.39 is 0 Å². The number of aromatic nitrogens is 3. The molecule has 0 saturated carbocycles. The van der Waals surface area contributed by atoms with Gasteiger partial charge in [-0.25, -0.2) is 0 Å². The molecule has 7 nitrogen and oxygen atoms in total. The summed E-state index contributed by atoms with van der Waals surface area (Å²) in [5, 5.41) is 12.6. The van der Waals surface area contributed by atoms with Crippen LogP contribution in [0.3, 0.4) is 0 Å². The lowest BCUT2D eigenvalue weighted by atomic mass is 10.2. The number of nitrogens with zero attached hydrogens (tertiary/aromatic N) is 4. The number of ether oxygens (including phenoxy) is 1. The number of hydrogen-bond acceptors (Lipinski definition) is 6. The van der Waals surface area contributed by atoms with Crippen LogP contribution < -0.4 is 10.2 Å². The molecule has 0 spiro atoms. The van der Waals surface area contributed by atoms with Crippen molar-refractivity contribution in [2.24, 2.45) is 7.05 Å². The van der Waals surface area contributed by atoms with E-state index in [4.69, 9.17) is 16.3 Å². The van der Waals surface area contributed by atoms with Gasteiger partial charge in [0.1, 0.15) is 0 Å². The van der Waals surface area contributed by atoms with Crippen LogP contribution in [0.1, 0.15) is 0 Å². The van der Waals surface area contributed by atoms with Crippen LogP contribution in [0.15, 0.2) is 53.7 Å². The van der Waals surface area contributed by atoms with Crippen LogP contribution in [0.5, 0.6) is 0 Å². The van der Waals surface area contributed by atoms with E-state index in [1.807, 2.05) is 60.1 Å². The van der Waals surface area contributed by atoms with Gasteiger partial charge in [0, 0.05) is 37.1 Å². The predicted molar refractivity (Wildman–Crippen MR) is 120 cm³/mol. The van der Waals surface area contributed by atoms with Crippen LogP contribution in [0.25, 0.3) is 11.4 Å². The third kappa shape index (κ3) is 4.77. The molecule has 1 fully saturated rings. The Morgan fingerprint density at radius 2 is 1.87 bits per heavy atom. The quantitative estimate of drug-likeness (QED) is 0.585. The van der Waals surface area contributed by atoms with E-state index >= 15 is 0 Å². The number of amides is 1. The van der Waals surface area contributed by atoms with Crippen molar-refractivity contribution in [3.8, 4) is 11.4 Å². The second-order valence-corrected chi connectivity index (χ2v) is 8.18. The van der Waals surface area contributed by atoms with Gasteiger partial charge in [0.05, 0.1) is 24.0 Å². The first-order chi connectivity index (χ1) is 14.6. The zero-order valence-corrected chi connectivity index (χ0v) is 18.1. The molecule has 0 radical (unpaired) electrons. The number of thioether (sulfide) groups is 1. The van der Waals surface area contributed by atoms with Crippen LogP contribution in [0.2, 0.25) is 5.02 Å². The molecule has 156 valence electrons. The highest BCUT2D eigenvalue weighted by Crippen LogP contribution is 2.28. The van der Waals surface area contributed by atoms with Crippen LogP contribution in [0.4, 0.5) is 11.4 Å². The number of benzene rings is 2. The van der Waals surface area contributed by atoms with Crippen LogP contribution >= 0.6 is 23.4 Å². The van der Waals surface area contributed by atoms with Crippen molar-refractivity contribution >= 4 is 40.6 Å². The summed E-state index contributed by atoms with van der Waals surface area (Å²) >= 11 is 7.59. The summed E-state index contributed by atoms with van der Waals surface area (Å²) in [6.07, 6.45) is 0. The number of halogens is 1. The Hall–Kier alpha value is -2.55. The lowest BCUT2D eigenvalue weighted by Gasteiger charge is -2.28. The minimum absolute atomic E-state index is 0.0959. The van der Waals surface area contributed by atoms with Crippen LogP contribution in [-0.4, -0.2) is 52.7 Å². The van der Waals surface area contributed by atoms with Gasteiger partial charge in [-0.15, -0.1) is 10.2 Å². The van der Waals surface area contributed by atoms with Gasteiger partial charge < -0.3 is 19.5 Å². The summed E-state index contributed by atoms with van der Waals surface area (Å²) in [6.45, 7) is 3.26. The molecule has 0 unspecified atom stereocenters. The van der Waals surface area contributed by atoms with E-state index in [1.165, 1.54) is 11.8 Å². The molecule has 0 aliphatic carbocycles. The topological polar surface area (TPSA) is 72.3 Å². The van der Waals surface area contributed by atoms with E-state index in [9.17, 15) is 4.79 Å². The number of rotatable bonds is 6. The van der Waals surface area contributed by atoms with Crippen LogP contribution in [-0.2, 0) is 16.6 Å². The van der Waals surface area contributed by atoms with Crippen LogP contribution in [0, 0.1) is 0 Å². The summed E-state index contributed by atoms with van der Waals surface area (Å²) in [7, 11) is 1.86. The van der Waals surface area contributed by atoms with E-state index in [0.717, 1.165) is 43.2 Å². The molecule has 1 N–H and O–H groups in total. The zero-order chi connectivity index (χ0) is 20.9. The Morgan fingerprint density at radius 3 is 2.60 bits per heavy atom. The summed E-state index contributed by atoms with van der Waals surface area (Å²) in [5.41, 5.74) is 2.72. The Kier molecular flexibility index (Phi) is 6.56. The lowest BCUT2D eigenvalue weighted by molar-refractivity contribution is -0.113. The standard InChI is InChI=1S/C21H22ClN5O2S/c1-26-20(17-4-2-3-5-18(17)22)24-25-21(26)30-14-19(28)23-15-6-8-16(9-7-15)27-10-12-29-13-11-27/h2-9H,10-14H2,1H3,(H,23,28). The van der Waals surface area contributed by atoms with Gasteiger partial charge in [-0.05, 0) is 36.4 Å². The maximum atomic E-state index is 12.4. The smallest absolute Gasteiger partial charge is 0.234 e. The zero-order valence-electron chi connectivity index (χ0n) is 16.5. The fourth-order valence-electron chi connectivity index (χ4n) is 3.22. The first kappa shape index (κ1) is 20.7. The lowest BCUT2D eigenvalue weighted by Crippen LogP contribution is -2.36. The minimum Gasteiger partial charge on any atom is -0.378 e. The molecule has 4 rings (SSSR count). The van der Waals surface area contributed by atoms with Crippen molar-refractivity contribution in [3.63, 3.8) is 0 Å². The second-order valence-electron chi connectivity index (χ2n) is 6.83. The van der Waals surface area contributed by atoms with Crippen molar-refractivity contribution in [3.05, 3.63) is 53.6 Å². The minimum atomic E-state index is -0.0959. The van der Waals surface area contributed by atoms with Gasteiger partial charge in [-0.2, -0.15) is 0 Å². The molecule has 0 bridgehead atoms. The number of nitrogens with one attached hydrogen (secondary N) is 1. The highest BCUT2D eigenvalue weighted by Gasteiger charge is 2.15. The first-order valence-corrected chi connectivity index (χ1v) is 11.0. The molecule has 1 amide bonds. The Bertz CT molecular complexity index is 1020. The van der Waals surface area contributed by atoms with E-state index in [2.05, 4.69) is 20.4 Å². The normalized spacial score (nSPS) is 14.0. The summed E-state index contributed by atoms with van der Waals surface area (Å²) < 4.78 is 7.23. The fourth-order valence-corrected chi connectivity index (χ4v) is 4.15. The Morgan fingerprint density at radius 1 is 1.13 bits per heavy atom. The highest BCUT2D eigenvalue weighted by atomic mass is 35.5. The molecule has 9 heteroatoms. The maximum Gasteiger partial charge on any atom is 0.234 e. The molecule has 2 aromatic carbocycles. The summed E-state index contributed by atoms with van der Waals surface area (Å²) in [4.78, 5) is 14.7. The molecule has 2 heterocycles. The van der Waals surface area contributed by atoms with Crippen molar-refractivity contribution in [1.82, 2.24) is 14.8 Å². The largest absolute Gasteiger partial charge is 0.378 e. The number of carbonyl (C=O) groups excluding carboxylic acids is 1. The monoisotopic (exact) mass is 443 g/mol. The highest BCUT2D eigenvalue weighted by molar-refractivity contribution is 7.99. The van der Waals surface area contributed by atoms with Gasteiger partial charge in [-0.3, -0.25) is 4.79 Å². The maximum absolute atomic E-state index is 12.4. The molecule has 1 aliphatic heterocycles. The third-order valence-corrected chi connectivity index (χ3v) is 6.16. The summed E-state index contributed by atoms with van der Waals surface area (Å²) in [5.74, 6) is 0.809. The van der Waals surface area contributed by atoms with E-state index in [-0.39, 0.29) is 11.7 Å². The van der Waals surface area contributed by atoms with Crippen molar-refractivity contribution in [1.29, 1.82) is 0 Å². The Balaban J connectivity index is 1.33. The molecule has 1 saturated heterocycles. The average molecular weight is 444 g/mol. The van der Waals surface area contributed by atoms with Crippen molar-refractivity contribution in [2.75, 3.05) is 42.3 Å². The van der Waals surface area contributed by atoms with Gasteiger partial charge >= 0.3 is 0 Å². The van der Waals surface area contributed by atoms with Crippen molar-refractivity contribution < 1.29 is 9.53 Å². The van der Waals surface area contributed by atoms with Gasteiger partial charge in [-0.1, -0.05) is 35.5 Å². The number of morpholine rings is 1. The van der Waals surface area contributed by atoms with Gasteiger partial charge in [0.15, 0.2) is 11.0 Å². The fraction of sp³-hybridized carbons (Fsp3) is 0.286. The molecular formula is C21H22ClN5O2S. The first-order valence-electron chi connectivity index (χ1n) is 9.61. The molecule has 1 aromatic heterocycles. The number of anilines is 2. The third-order valence-electron chi connectivity index (χ3n) is 4.81. The van der Waals surface area contributed by atoms with Gasteiger partial charge in [0.25, 0.3) is 0 Å². The van der Waals surface area contributed by atoms with E-state index in [1.54, 1.807) is 0 Å². The SMILES string of the molecule is Cn1c(SCC(=O)Nc2ccc(N3CCOCC3)cc2)nnc1-c1ccccc1Cl. The summed E-state index contributed by atoms with van der Waals surface area (Å²) in [6, 6.07) is 15.4. The molecule has 30 heavy (non-hydrogen) atoms. The molecule has 1 aliphatic rings. The van der Waals surface area contributed by atoms with Gasteiger partial charge in [0.2, 0.25) is 5.91 Å². The molecular weight excluding hydrogens is 422 g/mol. The molecule has 0 atom stereocenters. The Labute approximate surface area is 184 Å². The van der Waals surface area contributed by atoms with Crippen molar-refractivity contribution in [2.45, 2.75) is 5.16 Å². The number of hydrogen-bond donors (Lipinski definition) is 1.